The second-order valence-corrected chi connectivity index (χ2v) is 15.6. The van der Waals surface area contributed by atoms with Gasteiger partial charge in [-0.15, -0.1) is 0 Å². The number of nitrogens with one attached hydrogen (secondary N) is 1. The van der Waals surface area contributed by atoms with Crippen molar-refractivity contribution in [3.8, 4) is 22.6 Å². The molecule has 6 aromatic rings. The lowest BCUT2D eigenvalue weighted by molar-refractivity contribution is -0.136. The molecular formula is C47H49ClFN5O8. The summed E-state index contributed by atoms with van der Waals surface area (Å²) in [7, 11) is 2.90. The van der Waals surface area contributed by atoms with Crippen LogP contribution in [0.2, 0.25) is 5.02 Å². The molecule has 3 amide bonds. The van der Waals surface area contributed by atoms with Gasteiger partial charge in [0.15, 0.2) is 6.29 Å². The van der Waals surface area contributed by atoms with Crippen molar-refractivity contribution >= 4 is 57.3 Å². The van der Waals surface area contributed by atoms with Crippen LogP contribution in [-0.4, -0.2) is 87.9 Å². The highest BCUT2D eigenvalue weighted by Gasteiger charge is 2.40. The van der Waals surface area contributed by atoms with Crippen LogP contribution in [0.4, 0.5) is 4.39 Å². The van der Waals surface area contributed by atoms with Gasteiger partial charge in [0.05, 0.1) is 41.7 Å². The van der Waals surface area contributed by atoms with Gasteiger partial charge in [-0.2, -0.15) is 5.10 Å². The molecular weight excluding hydrogens is 817 g/mol. The monoisotopic (exact) mass is 865 g/mol. The van der Waals surface area contributed by atoms with Gasteiger partial charge in [-0.1, -0.05) is 35.9 Å². The first kappa shape index (κ1) is 44.0. The van der Waals surface area contributed by atoms with Crippen molar-refractivity contribution in [2.24, 2.45) is 7.05 Å². The Morgan fingerprint density at radius 3 is 2.44 bits per heavy atom. The average molecular weight is 866 g/mol. The van der Waals surface area contributed by atoms with Crippen molar-refractivity contribution in [1.29, 1.82) is 0 Å². The number of benzene rings is 4. The summed E-state index contributed by atoms with van der Waals surface area (Å²) in [6, 6.07) is 18.6. The lowest BCUT2D eigenvalue weighted by Crippen LogP contribution is -2.52. The Balaban J connectivity index is 0.00000285. The molecule has 2 aromatic heterocycles. The van der Waals surface area contributed by atoms with E-state index in [1.165, 1.54) is 17.0 Å². The van der Waals surface area contributed by atoms with Gasteiger partial charge in [-0.05, 0) is 92.9 Å². The number of rotatable bonds is 16. The van der Waals surface area contributed by atoms with Gasteiger partial charge in [0.2, 0.25) is 11.8 Å². The predicted molar refractivity (Wildman–Crippen MR) is 233 cm³/mol. The zero-order valence-electron chi connectivity index (χ0n) is 35.1. The van der Waals surface area contributed by atoms with Crippen LogP contribution in [0.25, 0.3) is 32.8 Å². The van der Waals surface area contributed by atoms with Gasteiger partial charge in [0, 0.05) is 72.5 Å². The maximum Gasteiger partial charge on any atom is 0.255 e. The smallest absolute Gasteiger partial charge is 0.255 e. The topological polar surface area (TPSA) is 154 Å². The third-order valence-corrected chi connectivity index (χ3v) is 11.8. The SMILES string of the molecule is CO.Cc1nn(C)c(C)c1-c1c(Cl)ccc2c(CCCOc3cccc4cc(F)ccc34)c(C=O)n(CCCOCCOc3cccc4c3CN(C3CCC(=O)NC3=O)C4=O)c12. The summed E-state index contributed by atoms with van der Waals surface area (Å²) in [4.78, 5) is 51.9. The van der Waals surface area contributed by atoms with Gasteiger partial charge in [-0.25, -0.2) is 4.39 Å². The highest BCUT2D eigenvalue weighted by Crippen LogP contribution is 2.42. The van der Waals surface area contributed by atoms with E-state index >= 15 is 0 Å². The number of aryl methyl sites for hydroxylation is 4. The van der Waals surface area contributed by atoms with Crippen molar-refractivity contribution in [3.63, 3.8) is 0 Å². The molecule has 324 valence electrons. The Bertz CT molecular complexity index is 2670. The summed E-state index contributed by atoms with van der Waals surface area (Å²) in [5.41, 5.74) is 7.04. The van der Waals surface area contributed by atoms with Crippen LogP contribution >= 0.6 is 11.6 Å². The molecule has 15 heteroatoms. The van der Waals surface area contributed by atoms with Gasteiger partial charge >= 0.3 is 0 Å². The second kappa shape index (κ2) is 19.3. The Morgan fingerprint density at radius 1 is 0.919 bits per heavy atom. The first-order chi connectivity index (χ1) is 30.0. The molecule has 1 fully saturated rings. The maximum atomic E-state index is 13.9. The summed E-state index contributed by atoms with van der Waals surface area (Å²) in [5, 5.41) is 17.1. The number of imide groups is 1. The van der Waals surface area contributed by atoms with Crippen LogP contribution in [-0.2, 0) is 40.9 Å². The number of hydrogen-bond acceptors (Lipinski definition) is 9. The van der Waals surface area contributed by atoms with Crippen LogP contribution < -0.4 is 14.8 Å². The molecule has 2 aliphatic rings. The third kappa shape index (κ3) is 8.67. The zero-order valence-corrected chi connectivity index (χ0v) is 35.9. The maximum absolute atomic E-state index is 13.9. The summed E-state index contributed by atoms with van der Waals surface area (Å²) in [5.74, 6) is -0.139. The number of amides is 3. The van der Waals surface area contributed by atoms with E-state index in [0.717, 1.165) is 63.1 Å². The summed E-state index contributed by atoms with van der Waals surface area (Å²) in [6.07, 6.45) is 3.15. The molecule has 0 bridgehead atoms. The Labute approximate surface area is 363 Å². The van der Waals surface area contributed by atoms with Crippen LogP contribution in [0.3, 0.4) is 0 Å². The number of fused-ring (bicyclic) bond motifs is 3. The fourth-order valence-electron chi connectivity index (χ4n) is 8.63. The summed E-state index contributed by atoms with van der Waals surface area (Å²) >= 11 is 7.02. The van der Waals surface area contributed by atoms with E-state index in [4.69, 9.17) is 30.9 Å². The van der Waals surface area contributed by atoms with Crippen molar-refractivity contribution in [3.05, 3.63) is 111 Å². The molecule has 13 nitrogen and oxygen atoms in total. The van der Waals surface area contributed by atoms with Crippen molar-refractivity contribution in [2.75, 3.05) is 33.5 Å². The average Bonchev–Trinajstić information content (AvgIpc) is 3.85. The molecule has 8 rings (SSSR count). The molecule has 0 radical (unpaired) electrons. The fourth-order valence-corrected chi connectivity index (χ4v) is 8.87. The van der Waals surface area contributed by atoms with E-state index in [1.54, 1.807) is 24.3 Å². The molecule has 0 aliphatic carbocycles. The normalized spacial score (nSPS) is 14.9. The van der Waals surface area contributed by atoms with Crippen LogP contribution in [0, 0.1) is 19.7 Å². The predicted octanol–water partition coefficient (Wildman–Crippen LogP) is 7.28. The van der Waals surface area contributed by atoms with E-state index in [1.807, 2.05) is 60.5 Å². The van der Waals surface area contributed by atoms with E-state index in [2.05, 4.69) is 10.4 Å². The second-order valence-electron chi connectivity index (χ2n) is 15.2. The number of carbonyl (C=O) groups excluding carboxylic acids is 4. The van der Waals surface area contributed by atoms with Gasteiger partial charge in [0.25, 0.3) is 5.91 Å². The molecule has 1 unspecified atom stereocenters. The number of piperidine rings is 1. The van der Waals surface area contributed by atoms with Crippen molar-refractivity contribution in [1.82, 2.24) is 24.6 Å². The van der Waals surface area contributed by atoms with E-state index in [0.29, 0.717) is 72.4 Å². The zero-order chi connectivity index (χ0) is 44.1. The van der Waals surface area contributed by atoms with Crippen molar-refractivity contribution in [2.45, 2.75) is 65.1 Å². The number of aldehydes is 1. The number of aromatic nitrogens is 3. The summed E-state index contributed by atoms with van der Waals surface area (Å²) in [6.45, 7) is 5.94. The van der Waals surface area contributed by atoms with Gasteiger partial charge in [-0.3, -0.25) is 29.2 Å². The fraction of sp³-hybridized carbons (Fsp3) is 0.340. The molecule has 4 aromatic carbocycles. The Hall–Kier alpha value is -6.09. The standard InChI is InChI=1S/C46H45ClFN5O7.CH4O/c1-27-42(28(2)51(3)50-27)43-36(47)16-15-33-32(10-6-21-59-39-11-4-8-29-24-30(48)13-14-31(29)39)38(26-54)52(44(33)43)19-7-20-58-22-23-60-40-12-5-9-34-35(40)25-53(46(34)57)37-17-18-41(55)49-45(37)56;1-2/h4-5,8-9,11-16,24,26,37H,6-7,10,17-23,25H2,1-3H3,(H,49,55,56);2H,1H3. The minimum atomic E-state index is -0.708. The van der Waals surface area contributed by atoms with E-state index in [9.17, 15) is 23.6 Å². The minimum Gasteiger partial charge on any atom is -0.493 e. The van der Waals surface area contributed by atoms with Crippen molar-refractivity contribution < 1.29 is 42.9 Å². The first-order valence-electron chi connectivity index (χ1n) is 20.6. The Morgan fingerprint density at radius 2 is 1.68 bits per heavy atom. The number of nitrogens with zero attached hydrogens (tertiary/aromatic N) is 4. The Kier molecular flexibility index (Phi) is 13.7. The molecule has 1 atom stereocenters. The molecule has 4 heterocycles. The number of aliphatic hydroxyl groups is 1. The highest BCUT2D eigenvalue weighted by molar-refractivity contribution is 6.35. The van der Waals surface area contributed by atoms with Crippen LogP contribution in [0.5, 0.6) is 11.5 Å². The third-order valence-electron chi connectivity index (χ3n) is 11.5. The lowest BCUT2D eigenvalue weighted by Gasteiger charge is -2.29. The first-order valence-corrected chi connectivity index (χ1v) is 21.0. The van der Waals surface area contributed by atoms with Gasteiger partial charge < -0.3 is 28.8 Å². The molecule has 0 spiro atoms. The molecule has 0 saturated carbocycles. The molecule has 62 heavy (non-hydrogen) atoms. The van der Waals surface area contributed by atoms with E-state index < -0.39 is 11.9 Å². The number of aliphatic hydroxyl groups excluding tert-OH is 1. The lowest BCUT2D eigenvalue weighted by atomic mass is 9.98. The largest absolute Gasteiger partial charge is 0.493 e. The number of ether oxygens (including phenoxy) is 3. The summed E-state index contributed by atoms with van der Waals surface area (Å²) < 4.78 is 36.1. The number of halogens is 2. The number of hydrogen-bond donors (Lipinski definition) is 2. The van der Waals surface area contributed by atoms with Crippen LogP contribution in [0.1, 0.15) is 69.0 Å². The molecule has 2 N–H and O–H groups in total. The highest BCUT2D eigenvalue weighted by atomic mass is 35.5. The van der Waals surface area contributed by atoms with Crippen LogP contribution in [0.15, 0.2) is 66.7 Å². The van der Waals surface area contributed by atoms with E-state index in [-0.39, 0.29) is 50.2 Å². The quantitative estimate of drug-likeness (QED) is 0.0581. The molecule has 2 aliphatic heterocycles. The van der Waals surface area contributed by atoms with Gasteiger partial charge in [0.1, 0.15) is 30.0 Å². The molecule has 1 saturated heterocycles. The number of carbonyl (C=O) groups is 4. The minimum absolute atomic E-state index is 0.183.